The minimum absolute atomic E-state index is 0. The molecule has 1 aliphatic rings. The Bertz CT molecular complexity index is 318. The van der Waals surface area contributed by atoms with E-state index in [2.05, 4.69) is 16.0 Å². The molecule has 3 nitrogen and oxygen atoms in total. The summed E-state index contributed by atoms with van der Waals surface area (Å²) < 4.78 is 0. The van der Waals surface area contributed by atoms with Crippen molar-refractivity contribution in [1.82, 2.24) is 4.98 Å². The lowest BCUT2D eigenvalue weighted by atomic mass is 10.1. The van der Waals surface area contributed by atoms with Crippen LogP contribution >= 0.6 is 36.6 Å². The molecule has 0 spiro atoms. The van der Waals surface area contributed by atoms with Crippen molar-refractivity contribution in [1.29, 1.82) is 0 Å². The molecule has 1 atom stereocenters. The SMILES string of the molecule is Cl.Cl.NC1=N[C@H](Cc2cccnc2)CS1. The summed E-state index contributed by atoms with van der Waals surface area (Å²) >= 11 is 1.63. The van der Waals surface area contributed by atoms with Crippen molar-refractivity contribution >= 4 is 41.7 Å². The van der Waals surface area contributed by atoms with E-state index in [1.54, 1.807) is 18.0 Å². The van der Waals surface area contributed by atoms with Crippen LogP contribution in [0.1, 0.15) is 5.56 Å². The van der Waals surface area contributed by atoms with Crippen molar-refractivity contribution in [3.8, 4) is 0 Å². The number of aromatic nitrogens is 1. The second kappa shape index (κ2) is 6.93. The molecule has 6 heteroatoms. The summed E-state index contributed by atoms with van der Waals surface area (Å²) in [7, 11) is 0. The molecular formula is C9H13Cl2N3S. The van der Waals surface area contributed by atoms with Gasteiger partial charge in [-0.2, -0.15) is 0 Å². The fourth-order valence-electron chi connectivity index (χ4n) is 1.33. The highest BCUT2D eigenvalue weighted by atomic mass is 35.5. The van der Waals surface area contributed by atoms with Gasteiger partial charge in [0.25, 0.3) is 0 Å². The van der Waals surface area contributed by atoms with E-state index in [0.29, 0.717) is 11.2 Å². The molecule has 2 heterocycles. The van der Waals surface area contributed by atoms with Crippen molar-refractivity contribution in [2.45, 2.75) is 12.5 Å². The lowest BCUT2D eigenvalue weighted by Gasteiger charge is -2.03. The molecule has 0 radical (unpaired) electrons. The second-order valence-corrected chi connectivity index (χ2v) is 4.04. The average Bonchev–Trinajstić information content (AvgIpc) is 2.53. The zero-order valence-corrected chi connectivity index (χ0v) is 10.4. The Morgan fingerprint density at radius 2 is 2.27 bits per heavy atom. The van der Waals surface area contributed by atoms with Crippen LogP contribution in [0, 0.1) is 0 Å². The van der Waals surface area contributed by atoms with E-state index in [0.717, 1.165) is 12.2 Å². The molecule has 0 saturated heterocycles. The molecule has 1 aromatic heterocycles. The molecule has 0 aromatic carbocycles. The van der Waals surface area contributed by atoms with Gasteiger partial charge >= 0.3 is 0 Å². The van der Waals surface area contributed by atoms with Crippen molar-refractivity contribution in [3.63, 3.8) is 0 Å². The predicted molar refractivity (Wildman–Crippen MR) is 70.3 cm³/mol. The Kier molecular flexibility index (Phi) is 6.72. The number of rotatable bonds is 2. The largest absolute Gasteiger partial charge is 0.379 e. The first-order valence-corrected chi connectivity index (χ1v) is 5.18. The lowest BCUT2D eigenvalue weighted by Crippen LogP contribution is -2.08. The molecule has 84 valence electrons. The minimum atomic E-state index is 0. The lowest BCUT2D eigenvalue weighted by molar-refractivity contribution is 0.759. The monoisotopic (exact) mass is 265 g/mol. The summed E-state index contributed by atoms with van der Waals surface area (Å²) in [5, 5.41) is 0.717. The zero-order valence-electron chi connectivity index (χ0n) is 8.00. The van der Waals surface area contributed by atoms with Crippen molar-refractivity contribution in [3.05, 3.63) is 30.1 Å². The fraction of sp³-hybridized carbons (Fsp3) is 0.333. The van der Waals surface area contributed by atoms with Gasteiger partial charge in [-0.3, -0.25) is 9.98 Å². The number of hydrogen-bond donors (Lipinski definition) is 1. The van der Waals surface area contributed by atoms with Gasteiger partial charge in [-0.05, 0) is 18.1 Å². The number of nitrogens with zero attached hydrogens (tertiary/aromatic N) is 2. The van der Waals surface area contributed by atoms with Gasteiger partial charge in [-0.1, -0.05) is 17.8 Å². The van der Waals surface area contributed by atoms with E-state index >= 15 is 0 Å². The third-order valence-corrected chi connectivity index (χ3v) is 2.88. The molecule has 0 saturated carbocycles. The molecule has 15 heavy (non-hydrogen) atoms. The van der Waals surface area contributed by atoms with Crippen LogP contribution in [-0.2, 0) is 6.42 Å². The second-order valence-electron chi connectivity index (χ2n) is 3.00. The zero-order chi connectivity index (χ0) is 9.10. The standard InChI is InChI=1S/C9H11N3S.2ClH/c10-9-12-8(6-13-9)4-7-2-1-3-11-5-7;;/h1-3,5,8H,4,6H2,(H2,10,12);2*1H/t8-;;/m1../s1. The Hall–Kier alpha value is -0.450. The predicted octanol–water partition coefficient (Wildman–Crippen LogP) is 1.90. The number of halogens is 2. The summed E-state index contributed by atoms with van der Waals surface area (Å²) in [4.78, 5) is 8.37. The van der Waals surface area contributed by atoms with Crippen LogP contribution in [0.5, 0.6) is 0 Å². The molecule has 1 aliphatic heterocycles. The summed E-state index contributed by atoms with van der Waals surface area (Å²) in [6, 6.07) is 4.36. The van der Waals surface area contributed by atoms with Gasteiger partial charge in [0, 0.05) is 18.1 Å². The third-order valence-electron chi connectivity index (χ3n) is 1.93. The first-order chi connectivity index (χ1) is 6.34. The highest BCUT2D eigenvalue weighted by Gasteiger charge is 2.16. The van der Waals surface area contributed by atoms with Gasteiger partial charge in [-0.25, -0.2) is 0 Å². The number of nitrogens with two attached hydrogens (primary N) is 1. The van der Waals surface area contributed by atoms with Gasteiger partial charge < -0.3 is 5.73 Å². The van der Waals surface area contributed by atoms with Gasteiger partial charge in [0.15, 0.2) is 5.17 Å². The van der Waals surface area contributed by atoms with E-state index in [1.807, 2.05) is 12.3 Å². The van der Waals surface area contributed by atoms with Crippen LogP contribution in [0.25, 0.3) is 0 Å². The van der Waals surface area contributed by atoms with E-state index in [1.165, 1.54) is 5.56 Å². The maximum Gasteiger partial charge on any atom is 0.154 e. The first kappa shape index (κ1) is 14.6. The number of aliphatic imine (C=N–C) groups is 1. The Balaban J connectivity index is 0.000000980. The van der Waals surface area contributed by atoms with Crippen molar-refractivity contribution < 1.29 is 0 Å². The molecule has 0 unspecified atom stereocenters. The van der Waals surface area contributed by atoms with E-state index < -0.39 is 0 Å². The van der Waals surface area contributed by atoms with Gasteiger partial charge in [0.05, 0.1) is 6.04 Å². The van der Waals surface area contributed by atoms with Gasteiger partial charge in [-0.15, -0.1) is 24.8 Å². The van der Waals surface area contributed by atoms with Gasteiger partial charge in [0.1, 0.15) is 0 Å². The highest BCUT2D eigenvalue weighted by molar-refractivity contribution is 8.14. The van der Waals surface area contributed by atoms with E-state index in [4.69, 9.17) is 5.73 Å². The maximum absolute atomic E-state index is 5.58. The van der Waals surface area contributed by atoms with Crippen LogP contribution in [-0.4, -0.2) is 21.9 Å². The smallest absolute Gasteiger partial charge is 0.154 e. The normalized spacial score (nSPS) is 18.7. The van der Waals surface area contributed by atoms with Gasteiger partial charge in [0.2, 0.25) is 0 Å². The maximum atomic E-state index is 5.58. The van der Waals surface area contributed by atoms with Crippen LogP contribution in [0.2, 0.25) is 0 Å². The Morgan fingerprint density at radius 1 is 1.47 bits per heavy atom. The van der Waals surface area contributed by atoms with Crippen LogP contribution in [0.4, 0.5) is 0 Å². The number of thioether (sulfide) groups is 1. The van der Waals surface area contributed by atoms with E-state index in [9.17, 15) is 0 Å². The molecule has 0 fully saturated rings. The van der Waals surface area contributed by atoms with Crippen molar-refractivity contribution in [2.24, 2.45) is 10.7 Å². The molecule has 1 aromatic rings. The summed E-state index contributed by atoms with van der Waals surface area (Å²) in [5.41, 5.74) is 6.80. The molecule has 0 amide bonds. The Labute approximate surface area is 106 Å². The van der Waals surface area contributed by atoms with Crippen LogP contribution in [0.3, 0.4) is 0 Å². The molecule has 0 aliphatic carbocycles. The molecular weight excluding hydrogens is 253 g/mol. The molecule has 2 rings (SSSR count). The highest BCUT2D eigenvalue weighted by Crippen LogP contribution is 2.18. The summed E-state index contributed by atoms with van der Waals surface area (Å²) in [6.07, 6.45) is 4.61. The summed E-state index contributed by atoms with van der Waals surface area (Å²) in [5.74, 6) is 1.00. The van der Waals surface area contributed by atoms with Crippen LogP contribution in [0.15, 0.2) is 29.5 Å². The van der Waals surface area contributed by atoms with E-state index in [-0.39, 0.29) is 24.8 Å². The number of pyridine rings is 1. The minimum Gasteiger partial charge on any atom is -0.379 e. The fourth-order valence-corrected chi connectivity index (χ4v) is 2.11. The molecule has 2 N–H and O–H groups in total. The molecule has 0 bridgehead atoms. The Morgan fingerprint density at radius 3 is 2.80 bits per heavy atom. The van der Waals surface area contributed by atoms with Crippen molar-refractivity contribution in [2.75, 3.05) is 5.75 Å². The quantitative estimate of drug-likeness (QED) is 0.889. The summed E-state index contributed by atoms with van der Waals surface area (Å²) in [6.45, 7) is 0. The number of amidine groups is 1. The average molecular weight is 266 g/mol. The topological polar surface area (TPSA) is 51.3 Å². The van der Waals surface area contributed by atoms with Crippen LogP contribution < -0.4 is 5.73 Å². The number of hydrogen-bond acceptors (Lipinski definition) is 4. The third kappa shape index (κ3) is 4.28. The first-order valence-electron chi connectivity index (χ1n) is 4.19.